The lowest BCUT2D eigenvalue weighted by Gasteiger charge is -2.09. The van der Waals surface area contributed by atoms with Crippen molar-refractivity contribution in [2.75, 3.05) is 7.11 Å². The van der Waals surface area contributed by atoms with Crippen molar-refractivity contribution in [3.8, 4) is 5.75 Å². The van der Waals surface area contributed by atoms with Crippen LogP contribution in [0.2, 0.25) is 5.02 Å². The van der Waals surface area contributed by atoms with Crippen LogP contribution in [0.25, 0.3) is 0 Å². The van der Waals surface area contributed by atoms with Gasteiger partial charge in [0.05, 0.1) is 0 Å². The fraction of sp³-hybridized carbons (Fsp3) is 0.143. The van der Waals surface area contributed by atoms with Crippen LogP contribution in [0.1, 0.15) is 0 Å². The van der Waals surface area contributed by atoms with Crippen LogP contribution >= 0.6 is 29.8 Å². The van der Waals surface area contributed by atoms with E-state index >= 15 is 0 Å². The molecule has 1 aromatic rings. The predicted molar refractivity (Wildman–Crippen MR) is 52.5 cm³/mol. The van der Waals surface area contributed by atoms with Crippen LogP contribution in [0.3, 0.4) is 0 Å². The van der Waals surface area contributed by atoms with Crippen LogP contribution in [0.5, 0.6) is 5.75 Å². The maximum atomic E-state index is 11.1. The van der Waals surface area contributed by atoms with Crippen LogP contribution in [0, 0.1) is 0 Å². The Labute approximate surface area is 85.9 Å². The van der Waals surface area contributed by atoms with Crippen LogP contribution in [-0.4, -0.2) is 7.11 Å². The van der Waals surface area contributed by atoms with Crippen LogP contribution in [0.4, 0.5) is 0 Å². The van der Waals surface area contributed by atoms with Gasteiger partial charge < -0.3 is 4.52 Å². The van der Waals surface area contributed by atoms with E-state index in [1.54, 1.807) is 24.3 Å². The molecule has 0 radical (unpaired) electrons. The van der Waals surface area contributed by atoms with Crippen LogP contribution in [0.15, 0.2) is 24.3 Å². The molecular weight excluding hydrogens is 234 g/mol. The lowest BCUT2D eigenvalue weighted by Crippen LogP contribution is -1.88. The number of halogens is 2. The molecule has 0 bridgehead atoms. The van der Waals surface area contributed by atoms with Gasteiger partial charge in [0.1, 0.15) is 5.75 Å². The molecule has 0 N–H and O–H groups in total. The average Bonchev–Trinajstić information content (AvgIpc) is 2.09. The Hall–Kier alpha value is -0.210. The van der Waals surface area contributed by atoms with E-state index in [1.807, 2.05) is 0 Å². The minimum absolute atomic E-state index is 0.351. The van der Waals surface area contributed by atoms with Crippen molar-refractivity contribution in [2.24, 2.45) is 0 Å². The van der Waals surface area contributed by atoms with E-state index in [1.165, 1.54) is 7.11 Å². The molecule has 0 fully saturated rings. The minimum Gasteiger partial charge on any atom is -0.413 e. The van der Waals surface area contributed by atoms with Crippen molar-refractivity contribution in [3.05, 3.63) is 29.3 Å². The molecule has 0 aliphatic heterocycles. The molecule has 0 saturated heterocycles. The van der Waals surface area contributed by atoms with Crippen molar-refractivity contribution in [3.63, 3.8) is 0 Å². The van der Waals surface area contributed by atoms with Crippen molar-refractivity contribution in [2.45, 2.75) is 0 Å². The standard InChI is InChI=1S/C7H7Cl2O3P/c1-11-13(9,10)12-7-4-2-6(8)3-5-7/h2-5H,1H3. The highest BCUT2D eigenvalue weighted by molar-refractivity contribution is 7.81. The second-order valence-corrected chi connectivity index (χ2v) is 5.25. The first-order chi connectivity index (χ1) is 6.03. The maximum Gasteiger partial charge on any atom is 0.476 e. The highest BCUT2D eigenvalue weighted by atomic mass is 35.7. The van der Waals surface area contributed by atoms with E-state index in [0.29, 0.717) is 10.8 Å². The molecule has 1 aromatic carbocycles. The van der Waals surface area contributed by atoms with Gasteiger partial charge in [-0.2, -0.15) is 0 Å². The van der Waals surface area contributed by atoms with Gasteiger partial charge in [0, 0.05) is 23.4 Å². The molecule has 6 heteroatoms. The molecule has 0 spiro atoms. The van der Waals surface area contributed by atoms with E-state index in [2.05, 4.69) is 4.52 Å². The fourth-order valence-corrected chi connectivity index (χ4v) is 1.47. The Morgan fingerprint density at radius 3 is 2.31 bits per heavy atom. The molecule has 1 unspecified atom stereocenters. The van der Waals surface area contributed by atoms with Gasteiger partial charge in [0.25, 0.3) is 0 Å². The first kappa shape index (κ1) is 10.9. The van der Waals surface area contributed by atoms with E-state index in [4.69, 9.17) is 27.4 Å². The third-order valence-corrected chi connectivity index (χ3v) is 2.98. The van der Waals surface area contributed by atoms with E-state index < -0.39 is 6.95 Å². The van der Waals surface area contributed by atoms with Gasteiger partial charge >= 0.3 is 6.95 Å². The van der Waals surface area contributed by atoms with Gasteiger partial charge in [-0.25, -0.2) is 4.57 Å². The first-order valence-electron chi connectivity index (χ1n) is 3.34. The molecule has 0 aliphatic carbocycles. The molecule has 1 atom stereocenters. The average molecular weight is 241 g/mol. The monoisotopic (exact) mass is 240 g/mol. The Balaban J connectivity index is 2.75. The third kappa shape index (κ3) is 3.57. The number of benzene rings is 1. The second-order valence-electron chi connectivity index (χ2n) is 2.16. The topological polar surface area (TPSA) is 35.5 Å². The first-order valence-corrected chi connectivity index (χ1v) is 6.17. The molecule has 0 saturated carbocycles. The highest BCUT2D eigenvalue weighted by Gasteiger charge is 2.19. The van der Waals surface area contributed by atoms with Crippen molar-refractivity contribution >= 4 is 29.8 Å². The second kappa shape index (κ2) is 4.34. The van der Waals surface area contributed by atoms with Crippen molar-refractivity contribution < 1.29 is 13.6 Å². The normalized spacial score (nSPS) is 15.0. The van der Waals surface area contributed by atoms with Crippen LogP contribution in [-0.2, 0) is 9.09 Å². The van der Waals surface area contributed by atoms with Gasteiger partial charge in [-0.1, -0.05) is 11.6 Å². The number of hydrogen-bond acceptors (Lipinski definition) is 3. The van der Waals surface area contributed by atoms with Gasteiger partial charge in [-0.3, -0.25) is 4.52 Å². The molecule has 72 valence electrons. The molecule has 3 nitrogen and oxygen atoms in total. The fourth-order valence-electron chi connectivity index (χ4n) is 0.659. The maximum absolute atomic E-state index is 11.1. The third-order valence-electron chi connectivity index (χ3n) is 1.25. The molecule has 0 amide bonds. The van der Waals surface area contributed by atoms with Gasteiger partial charge in [-0.15, -0.1) is 0 Å². The number of rotatable bonds is 3. The summed E-state index contributed by atoms with van der Waals surface area (Å²) in [6.07, 6.45) is 0. The van der Waals surface area contributed by atoms with Gasteiger partial charge in [0.2, 0.25) is 0 Å². The Bertz CT molecular complexity index is 325. The summed E-state index contributed by atoms with van der Waals surface area (Å²) in [5, 5.41) is 0.564. The van der Waals surface area contributed by atoms with Crippen LogP contribution < -0.4 is 4.52 Å². The summed E-state index contributed by atoms with van der Waals surface area (Å²) >= 11 is 11.0. The lowest BCUT2D eigenvalue weighted by molar-refractivity contribution is 0.340. The zero-order valence-electron chi connectivity index (χ0n) is 6.74. The SMILES string of the molecule is COP(=O)(Cl)Oc1ccc(Cl)cc1. The van der Waals surface area contributed by atoms with E-state index in [0.717, 1.165) is 0 Å². The van der Waals surface area contributed by atoms with Gasteiger partial charge in [0.15, 0.2) is 0 Å². The quantitative estimate of drug-likeness (QED) is 0.756. The lowest BCUT2D eigenvalue weighted by atomic mass is 10.3. The minimum atomic E-state index is -3.48. The smallest absolute Gasteiger partial charge is 0.413 e. The molecule has 0 aliphatic rings. The largest absolute Gasteiger partial charge is 0.476 e. The number of hydrogen-bond donors (Lipinski definition) is 0. The summed E-state index contributed by atoms with van der Waals surface area (Å²) in [6.45, 7) is -3.48. The van der Waals surface area contributed by atoms with Gasteiger partial charge in [-0.05, 0) is 24.3 Å². The Morgan fingerprint density at radius 1 is 1.31 bits per heavy atom. The summed E-state index contributed by atoms with van der Waals surface area (Å²) in [5.74, 6) is 0.351. The molecule has 0 heterocycles. The summed E-state index contributed by atoms with van der Waals surface area (Å²) in [6, 6.07) is 6.31. The zero-order valence-corrected chi connectivity index (χ0v) is 9.14. The molecule has 13 heavy (non-hydrogen) atoms. The Kier molecular flexibility index (Phi) is 3.63. The highest BCUT2D eigenvalue weighted by Crippen LogP contribution is 2.52. The summed E-state index contributed by atoms with van der Waals surface area (Å²) in [7, 11) is 1.21. The van der Waals surface area contributed by atoms with Crippen molar-refractivity contribution in [1.82, 2.24) is 0 Å². The molecule has 1 rings (SSSR count). The summed E-state index contributed by atoms with van der Waals surface area (Å²) in [4.78, 5) is 0. The summed E-state index contributed by atoms with van der Waals surface area (Å²) < 4.78 is 20.4. The predicted octanol–water partition coefficient (Wildman–Crippen LogP) is 3.71. The van der Waals surface area contributed by atoms with E-state index in [-0.39, 0.29) is 0 Å². The molecule has 0 aromatic heterocycles. The zero-order chi connectivity index (χ0) is 9.90. The Morgan fingerprint density at radius 2 is 1.85 bits per heavy atom. The van der Waals surface area contributed by atoms with Crippen molar-refractivity contribution in [1.29, 1.82) is 0 Å². The summed E-state index contributed by atoms with van der Waals surface area (Å²) in [5.41, 5.74) is 0. The molecular formula is C7H7Cl2O3P. The van der Waals surface area contributed by atoms with E-state index in [9.17, 15) is 4.57 Å².